The highest BCUT2D eigenvalue weighted by molar-refractivity contribution is 5.94. The van der Waals surface area contributed by atoms with Gasteiger partial charge in [-0.2, -0.15) is 0 Å². The van der Waals surface area contributed by atoms with E-state index in [2.05, 4.69) is 12.2 Å². The minimum Gasteiger partial charge on any atom is -0.473 e. The molecular formula is C16H17NO2. The molecule has 2 aromatic rings. The third kappa shape index (κ3) is 3.85. The first-order valence-corrected chi connectivity index (χ1v) is 6.19. The van der Waals surface area contributed by atoms with Crippen LogP contribution in [0.25, 0.3) is 0 Å². The van der Waals surface area contributed by atoms with Crippen molar-refractivity contribution in [1.82, 2.24) is 0 Å². The van der Waals surface area contributed by atoms with E-state index in [0.717, 1.165) is 11.4 Å². The fraction of sp³-hybridized carbons (Fsp3) is 0.188. The lowest BCUT2D eigenvalue weighted by Gasteiger charge is -2.09. The van der Waals surface area contributed by atoms with E-state index in [-0.39, 0.29) is 5.78 Å². The number of anilines is 1. The summed E-state index contributed by atoms with van der Waals surface area (Å²) in [6.07, 6.45) is 0. The normalized spacial score (nSPS) is 10.0. The number of rotatable bonds is 5. The number of aryl methyl sites for hydroxylation is 1. The first-order valence-electron chi connectivity index (χ1n) is 6.19. The highest BCUT2D eigenvalue weighted by atomic mass is 16.5. The Labute approximate surface area is 113 Å². The van der Waals surface area contributed by atoms with Crippen LogP contribution in [0.2, 0.25) is 0 Å². The van der Waals surface area contributed by atoms with Crippen molar-refractivity contribution >= 4 is 11.5 Å². The number of carbonyl (C=O) groups is 1. The SMILES string of the molecule is CC(=O)c1ccc(OCNc2ccc(C)cc2)cc1. The topological polar surface area (TPSA) is 38.3 Å². The largest absolute Gasteiger partial charge is 0.473 e. The number of ether oxygens (including phenoxy) is 1. The van der Waals surface area contributed by atoms with Gasteiger partial charge in [0.05, 0.1) is 0 Å². The number of hydrogen-bond donors (Lipinski definition) is 1. The maximum Gasteiger partial charge on any atom is 0.159 e. The molecule has 0 heterocycles. The van der Waals surface area contributed by atoms with Gasteiger partial charge in [0.2, 0.25) is 0 Å². The van der Waals surface area contributed by atoms with Crippen molar-refractivity contribution in [1.29, 1.82) is 0 Å². The van der Waals surface area contributed by atoms with Gasteiger partial charge >= 0.3 is 0 Å². The van der Waals surface area contributed by atoms with Gasteiger partial charge in [-0.1, -0.05) is 17.7 Å². The summed E-state index contributed by atoms with van der Waals surface area (Å²) in [6, 6.07) is 15.2. The zero-order valence-corrected chi connectivity index (χ0v) is 11.1. The van der Waals surface area contributed by atoms with Gasteiger partial charge in [0.15, 0.2) is 12.5 Å². The minimum absolute atomic E-state index is 0.0596. The van der Waals surface area contributed by atoms with Crippen molar-refractivity contribution in [3.05, 3.63) is 59.7 Å². The summed E-state index contributed by atoms with van der Waals surface area (Å²) >= 11 is 0. The molecular weight excluding hydrogens is 238 g/mol. The Kier molecular flexibility index (Phi) is 4.18. The molecule has 3 nitrogen and oxygen atoms in total. The highest BCUT2D eigenvalue weighted by Crippen LogP contribution is 2.13. The Morgan fingerprint density at radius 1 is 1.05 bits per heavy atom. The molecule has 0 amide bonds. The fourth-order valence-corrected chi connectivity index (χ4v) is 1.66. The van der Waals surface area contributed by atoms with E-state index in [4.69, 9.17) is 4.74 Å². The second-order valence-electron chi connectivity index (χ2n) is 4.41. The summed E-state index contributed by atoms with van der Waals surface area (Å²) in [5.41, 5.74) is 2.94. The van der Waals surface area contributed by atoms with Crippen LogP contribution < -0.4 is 10.1 Å². The number of ketones is 1. The van der Waals surface area contributed by atoms with Gasteiger partial charge in [-0.25, -0.2) is 0 Å². The highest BCUT2D eigenvalue weighted by Gasteiger charge is 1.99. The van der Waals surface area contributed by atoms with Crippen LogP contribution in [0.5, 0.6) is 5.75 Å². The van der Waals surface area contributed by atoms with E-state index in [1.54, 1.807) is 31.2 Å². The first-order chi connectivity index (χ1) is 9.15. The van der Waals surface area contributed by atoms with Crippen LogP contribution in [0.1, 0.15) is 22.8 Å². The third-order valence-corrected chi connectivity index (χ3v) is 2.83. The molecule has 0 atom stereocenters. The van der Waals surface area contributed by atoms with E-state index >= 15 is 0 Å². The second kappa shape index (κ2) is 6.05. The van der Waals surface area contributed by atoms with Gasteiger partial charge in [-0.15, -0.1) is 0 Å². The fourth-order valence-electron chi connectivity index (χ4n) is 1.66. The summed E-state index contributed by atoms with van der Waals surface area (Å²) in [6.45, 7) is 3.99. The van der Waals surface area contributed by atoms with Crippen molar-refractivity contribution in [2.24, 2.45) is 0 Å². The molecule has 0 spiro atoms. The molecule has 98 valence electrons. The quantitative estimate of drug-likeness (QED) is 0.654. The van der Waals surface area contributed by atoms with E-state index in [1.165, 1.54) is 5.56 Å². The van der Waals surface area contributed by atoms with Crippen molar-refractivity contribution in [3.8, 4) is 5.75 Å². The Balaban J connectivity index is 1.85. The Morgan fingerprint density at radius 2 is 1.68 bits per heavy atom. The van der Waals surface area contributed by atoms with Gasteiger partial charge in [-0.3, -0.25) is 4.79 Å². The third-order valence-electron chi connectivity index (χ3n) is 2.83. The van der Waals surface area contributed by atoms with Crippen LogP contribution in [-0.2, 0) is 0 Å². The van der Waals surface area contributed by atoms with Gasteiger partial charge in [0.25, 0.3) is 0 Å². The molecule has 2 rings (SSSR count). The van der Waals surface area contributed by atoms with E-state index in [1.807, 2.05) is 24.3 Å². The number of carbonyl (C=O) groups excluding carboxylic acids is 1. The minimum atomic E-state index is 0.0596. The van der Waals surface area contributed by atoms with Crippen LogP contribution in [0.15, 0.2) is 48.5 Å². The van der Waals surface area contributed by atoms with Crippen molar-refractivity contribution < 1.29 is 9.53 Å². The molecule has 0 aliphatic rings. The molecule has 0 saturated heterocycles. The second-order valence-corrected chi connectivity index (χ2v) is 4.41. The number of Topliss-reactive ketones (excluding diaryl/α,β-unsaturated/α-hetero) is 1. The molecule has 0 saturated carbocycles. The Bertz CT molecular complexity index is 544. The van der Waals surface area contributed by atoms with Crippen LogP contribution >= 0.6 is 0 Å². The molecule has 0 bridgehead atoms. The predicted octanol–water partition coefficient (Wildman–Crippen LogP) is 3.65. The number of nitrogens with one attached hydrogen (secondary N) is 1. The smallest absolute Gasteiger partial charge is 0.159 e. The zero-order chi connectivity index (χ0) is 13.7. The maximum atomic E-state index is 11.1. The van der Waals surface area contributed by atoms with Gasteiger partial charge in [0.1, 0.15) is 5.75 Å². The molecule has 19 heavy (non-hydrogen) atoms. The van der Waals surface area contributed by atoms with Gasteiger partial charge in [-0.05, 0) is 50.2 Å². The molecule has 0 fully saturated rings. The summed E-state index contributed by atoms with van der Waals surface area (Å²) in [7, 11) is 0. The van der Waals surface area contributed by atoms with Crippen LogP contribution in [0, 0.1) is 6.92 Å². The molecule has 0 radical (unpaired) electrons. The van der Waals surface area contributed by atoms with E-state index in [9.17, 15) is 4.79 Å². The lowest BCUT2D eigenvalue weighted by Crippen LogP contribution is -2.08. The van der Waals surface area contributed by atoms with Gasteiger partial charge in [0, 0.05) is 11.3 Å². The van der Waals surface area contributed by atoms with E-state index < -0.39 is 0 Å². The molecule has 0 aliphatic heterocycles. The first kappa shape index (κ1) is 13.1. The molecule has 3 heteroatoms. The molecule has 0 aliphatic carbocycles. The van der Waals surface area contributed by atoms with Crippen molar-refractivity contribution in [2.45, 2.75) is 13.8 Å². The Hall–Kier alpha value is -2.29. The number of benzene rings is 2. The predicted molar refractivity (Wildman–Crippen MR) is 76.7 cm³/mol. The molecule has 0 unspecified atom stereocenters. The maximum absolute atomic E-state index is 11.1. The lowest BCUT2D eigenvalue weighted by molar-refractivity contribution is 0.101. The standard InChI is InChI=1S/C16H17NO2/c1-12-3-7-15(8-4-12)17-11-19-16-9-5-14(6-10-16)13(2)18/h3-10,17H,11H2,1-2H3. The van der Waals surface area contributed by atoms with E-state index in [0.29, 0.717) is 12.3 Å². The Morgan fingerprint density at radius 3 is 2.26 bits per heavy atom. The number of hydrogen-bond acceptors (Lipinski definition) is 3. The molecule has 0 aromatic heterocycles. The van der Waals surface area contributed by atoms with Crippen LogP contribution in [0.4, 0.5) is 5.69 Å². The summed E-state index contributed by atoms with van der Waals surface area (Å²) in [5.74, 6) is 0.800. The van der Waals surface area contributed by atoms with Crippen LogP contribution in [0.3, 0.4) is 0 Å². The average Bonchev–Trinajstić information content (AvgIpc) is 2.41. The lowest BCUT2D eigenvalue weighted by atomic mass is 10.1. The van der Waals surface area contributed by atoms with Crippen molar-refractivity contribution in [3.63, 3.8) is 0 Å². The monoisotopic (exact) mass is 255 g/mol. The van der Waals surface area contributed by atoms with Gasteiger partial charge < -0.3 is 10.1 Å². The van der Waals surface area contributed by atoms with Crippen LogP contribution in [-0.4, -0.2) is 12.5 Å². The summed E-state index contributed by atoms with van der Waals surface area (Å²) in [5, 5.41) is 3.17. The summed E-state index contributed by atoms with van der Waals surface area (Å²) in [4.78, 5) is 11.1. The molecule has 1 N–H and O–H groups in total. The molecule has 2 aromatic carbocycles. The average molecular weight is 255 g/mol. The zero-order valence-electron chi connectivity index (χ0n) is 11.1. The summed E-state index contributed by atoms with van der Waals surface area (Å²) < 4.78 is 5.55. The van der Waals surface area contributed by atoms with Crippen molar-refractivity contribution in [2.75, 3.05) is 12.0 Å².